The Hall–Kier alpha value is -1.86. The van der Waals surface area contributed by atoms with E-state index in [1.807, 2.05) is 4.90 Å². The molecule has 0 aliphatic rings. The summed E-state index contributed by atoms with van der Waals surface area (Å²) in [5.41, 5.74) is 0.570. The van der Waals surface area contributed by atoms with E-state index >= 15 is 0 Å². The van der Waals surface area contributed by atoms with E-state index in [2.05, 4.69) is 17.6 Å². The Morgan fingerprint density at radius 1 is 1.69 bits per heavy atom. The van der Waals surface area contributed by atoms with Crippen molar-refractivity contribution in [3.05, 3.63) is 36.5 Å². The summed E-state index contributed by atoms with van der Waals surface area (Å²) in [6.07, 6.45) is 3.46. The second-order valence-corrected chi connectivity index (χ2v) is 3.21. The third-order valence-electron chi connectivity index (χ3n) is 2.12. The third-order valence-corrected chi connectivity index (χ3v) is 2.12. The molecule has 0 radical (unpaired) electrons. The highest BCUT2D eigenvalue weighted by molar-refractivity contribution is 5.53. The monoisotopic (exact) mass is 217 g/mol. The molecule has 0 saturated carbocycles. The fraction of sp³-hybridized carbons (Fsp3) is 0.333. The SMILES string of the molecule is C=CCN(CCOC)c1ncccc1C#N. The maximum absolute atomic E-state index is 8.99. The van der Waals surface area contributed by atoms with Crippen molar-refractivity contribution in [1.29, 1.82) is 5.26 Å². The number of aromatic nitrogens is 1. The highest BCUT2D eigenvalue weighted by Gasteiger charge is 2.10. The number of hydrogen-bond acceptors (Lipinski definition) is 4. The van der Waals surface area contributed by atoms with Crippen LogP contribution in [0.1, 0.15) is 5.56 Å². The molecule has 0 aliphatic heterocycles. The summed E-state index contributed by atoms with van der Waals surface area (Å²) in [6.45, 7) is 5.63. The lowest BCUT2D eigenvalue weighted by atomic mass is 10.2. The van der Waals surface area contributed by atoms with Crippen molar-refractivity contribution in [2.45, 2.75) is 0 Å². The molecule has 16 heavy (non-hydrogen) atoms. The van der Waals surface area contributed by atoms with Crippen LogP contribution >= 0.6 is 0 Å². The van der Waals surface area contributed by atoms with Gasteiger partial charge >= 0.3 is 0 Å². The Labute approximate surface area is 95.8 Å². The van der Waals surface area contributed by atoms with E-state index in [1.54, 1.807) is 31.5 Å². The van der Waals surface area contributed by atoms with Crippen LogP contribution in [0.15, 0.2) is 31.0 Å². The lowest BCUT2D eigenvalue weighted by molar-refractivity contribution is 0.205. The Kier molecular flexibility index (Phi) is 5.03. The van der Waals surface area contributed by atoms with Crippen LogP contribution in [0.4, 0.5) is 5.82 Å². The first-order valence-electron chi connectivity index (χ1n) is 5.03. The molecule has 1 aromatic heterocycles. The molecule has 0 fully saturated rings. The van der Waals surface area contributed by atoms with Crippen molar-refractivity contribution in [3.63, 3.8) is 0 Å². The zero-order valence-electron chi connectivity index (χ0n) is 9.39. The van der Waals surface area contributed by atoms with Crippen LogP contribution in [-0.2, 0) is 4.74 Å². The predicted octanol–water partition coefficient (Wildman–Crippen LogP) is 1.59. The van der Waals surface area contributed by atoms with E-state index in [4.69, 9.17) is 10.00 Å². The zero-order chi connectivity index (χ0) is 11.8. The summed E-state index contributed by atoms with van der Waals surface area (Å²) in [7, 11) is 1.65. The average molecular weight is 217 g/mol. The molecule has 4 nitrogen and oxygen atoms in total. The van der Waals surface area contributed by atoms with E-state index in [9.17, 15) is 0 Å². The molecule has 0 unspecified atom stereocenters. The summed E-state index contributed by atoms with van der Waals surface area (Å²) in [6, 6.07) is 5.64. The van der Waals surface area contributed by atoms with Crippen molar-refractivity contribution in [1.82, 2.24) is 4.98 Å². The smallest absolute Gasteiger partial charge is 0.146 e. The summed E-state index contributed by atoms with van der Waals surface area (Å²) in [5, 5.41) is 8.99. The van der Waals surface area contributed by atoms with Gasteiger partial charge in [0.05, 0.1) is 12.2 Å². The normalized spacial score (nSPS) is 9.50. The van der Waals surface area contributed by atoms with Crippen molar-refractivity contribution in [3.8, 4) is 6.07 Å². The summed E-state index contributed by atoms with van der Waals surface area (Å²) in [5.74, 6) is 0.682. The molecular formula is C12H15N3O. The second-order valence-electron chi connectivity index (χ2n) is 3.21. The minimum absolute atomic E-state index is 0.570. The molecule has 84 valence electrons. The Balaban J connectivity index is 2.91. The molecule has 1 rings (SSSR count). The summed E-state index contributed by atoms with van der Waals surface area (Å²) >= 11 is 0. The fourth-order valence-corrected chi connectivity index (χ4v) is 1.38. The van der Waals surface area contributed by atoms with Crippen molar-refractivity contribution >= 4 is 5.82 Å². The largest absolute Gasteiger partial charge is 0.383 e. The minimum atomic E-state index is 0.570. The number of pyridine rings is 1. The predicted molar refractivity (Wildman–Crippen MR) is 63.2 cm³/mol. The maximum atomic E-state index is 8.99. The molecule has 0 aliphatic carbocycles. The van der Waals surface area contributed by atoms with Gasteiger partial charge in [0.1, 0.15) is 11.9 Å². The van der Waals surface area contributed by atoms with Crippen LogP contribution < -0.4 is 4.90 Å². The quantitative estimate of drug-likeness (QED) is 0.679. The molecule has 1 heterocycles. The van der Waals surface area contributed by atoms with Gasteiger partial charge in [-0.3, -0.25) is 0 Å². The van der Waals surface area contributed by atoms with Gasteiger partial charge in [0.2, 0.25) is 0 Å². The van der Waals surface area contributed by atoms with E-state index < -0.39 is 0 Å². The molecule has 0 N–H and O–H groups in total. The van der Waals surface area contributed by atoms with Gasteiger partial charge in [-0.05, 0) is 12.1 Å². The van der Waals surface area contributed by atoms with Crippen LogP contribution in [0.2, 0.25) is 0 Å². The van der Waals surface area contributed by atoms with Crippen molar-refractivity contribution < 1.29 is 4.74 Å². The number of rotatable bonds is 6. The lowest BCUT2D eigenvalue weighted by Crippen LogP contribution is -2.28. The summed E-state index contributed by atoms with van der Waals surface area (Å²) < 4.78 is 5.03. The van der Waals surface area contributed by atoms with E-state index in [-0.39, 0.29) is 0 Å². The van der Waals surface area contributed by atoms with Gasteiger partial charge in [0, 0.05) is 26.4 Å². The zero-order valence-corrected chi connectivity index (χ0v) is 9.39. The molecular weight excluding hydrogens is 202 g/mol. The van der Waals surface area contributed by atoms with Gasteiger partial charge in [0.15, 0.2) is 0 Å². The number of hydrogen-bond donors (Lipinski definition) is 0. The van der Waals surface area contributed by atoms with Gasteiger partial charge in [0.25, 0.3) is 0 Å². The molecule has 0 atom stereocenters. The molecule has 4 heteroatoms. The first-order valence-corrected chi connectivity index (χ1v) is 5.03. The number of ether oxygens (including phenoxy) is 1. The highest BCUT2D eigenvalue weighted by atomic mass is 16.5. The van der Waals surface area contributed by atoms with Crippen LogP contribution in [0.5, 0.6) is 0 Å². The van der Waals surface area contributed by atoms with Gasteiger partial charge < -0.3 is 9.64 Å². The maximum Gasteiger partial charge on any atom is 0.146 e. The molecule has 0 spiro atoms. The third kappa shape index (κ3) is 3.07. The molecule has 0 amide bonds. The van der Waals surface area contributed by atoms with Gasteiger partial charge in [-0.25, -0.2) is 4.98 Å². The highest BCUT2D eigenvalue weighted by Crippen LogP contribution is 2.15. The second kappa shape index (κ2) is 6.59. The number of methoxy groups -OCH3 is 1. The summed E-state index contributed by atoms with van der Waals surface area (Å²) in [4.78, 5) is 6.19. The standard InChI is InChI=1S/C12H15N3O/c1-3-7-15(8-9-16-2)12-11(10-13)5-4-6-14-12/h3-6H,1,7-9H2,2H3. The Morgan fingerprint density at radius 3 is 3.12 bits per heavy atom. The average Bonchev–Trinajstić information content (AvgIpc) is 2.34. The van der Waals surface area contributed by atoms with Crippen molar-refractivity contribution in [2.75, 3.05) is 31.7 Å². The number of nitrogens with zero attached hydrogens (tertiary/aromatic N) is 3. The van der Waals surface area contributed by atoms with Gasteiger partial charge in [-0.1, -0.05) is 6.08 Å². The number of nitriles is 1. The first kappa shape index (κ1) is 12.2. The van der Waals surface area contributed by atoms with Crippen LogP contribution in [0, 0.1) is 11.3 Å². The van der Waals surface area contributed by atoms with Crippen LogP contribution in [0.3, 0.4) is 0 Å². The molecule has 0 saturated heterocycles. The van der Waals surface area contributed by atoms with Crippen LogP contribution in [0.25, 0.3) is 0 Å². The van der Waals surface area contributed by atoms with Crippen molar-refractivity contribution in [2.24, 2.45) is 0 Å². The van der Waals surface area contributed by atoms with Gasteiger partial charge in [-0.2, -0.15) is 5.26 Å². The molecule has 0 bridgehead atoms. The van der Waals surface area contributed by atoms with E-state index in [0.29, 0.717) is 31.1 Å². The molecule has 1 aromatic rings. The van der Waals surface area contributed by atoms with E-state index in [1.165, 1.54) is 0 Å². The first-order chi connectivity index (χ1) is 7.83. The minimum Gasteiger partial charge on any atom is -0.383 e. The fourth-order valence-electron chi connectivity index (χ4n) is 1.38. The topological polar surface area (TPSA) is 49.1 Å². The lowest BCUT2D eigenvalue weighted by Gasteiger charge is -2.22. The molecule has 0 aromatic carbocycles. The van der Waals surface area contributed by atoms with Crippen LogP contribution in [-0.4, -0.2) is 31.8 Å². The van der Waals surface area contributed by atoms with E-state index in [0.717, 1.165) is 0 Å². The van der Waals surface area contributed by atoms with Gasteiger partial charge in [-0.15, -0.1) is 6.58 Å². The Morgan fingerprint density at radius 2 is 2.50 bits per heavy atom. The Bertz CT molecular complexity index is 384. The number of anilines is 1.